The molecule has 2 aliphatic rings. The Morgan fingerprint density at radius 2 is 2.04 bits per heavy atom. The number of benzene rings is 1. The average molecular weight is 389 g/mol. The number of nitrogens with one attached hydrogen (secondary N) is 2. The van der Waals surface area contributed by atoms with E-state index in [9.17, 15) is 14.4 Å². The molecule has 26 heavy (non-hydrogen) atoms. The minimum Gasteiger partial charge on any atom is -0.357 e. The van der Waals surface area contributed by atoms with Crippen LogP contribution >= 0.6 is 23.1 Å². The molecule has 2 N–H and O–H groups in total. The van der Waals surface area contributed by atoms with Crippen LogP contribution in [0.3, 0.4) is 0 Å². The lowest BCUT2D eigenvalue weighted by atomic mass is 10.1. The van der Waals surface area contributed by atoms with Gasteiger partial charge in [0.1, 0.15) is 0 Å². The number of thioether (sulfide) groups is 1. The lowest BCUT2D eigenvalue weighted by molar-refractivity contribution is -0.113. The van der Waals surface area contributed by atoms with Gasteiger partial charge in [-0.25, -0.2) is 0 Å². The fourth-order valence-corrected chi connectivity index (χ4v) is 4.12. The molecule has 10 heteroatoms. The van der Waals surface area contributed by atoms with Gasteiger partial charge in [-0.1, -0.05) is 23.1 Å². The molecule has 2 heterocycles. The van der Waals surface area contributed by atoms with E-state index in [0.29, 0.717) is 22.9 Å². The van der Waals surface area contributed by atoms with Crippen LogP contribution in [0.4, 0.5) is 10.8 Å². The highest BCUT2D eigenvalue weighted by Crippen LogP contribution is 2.30. The largest absolute Gasteiger partial charge is 0.357 e. The Kier molecular flexibility index (Phi) is 4.37. The van der Waals surface area contributed by atoms with E-state index in [1.54, 1.807) is 12.1 Å². The molecule has 1 aliphatic carbocycles. The zero-order chi connectivity index (χ0) is 18.3. The number of nitrogens with zero attached hydrogens (tertiary/aromatic N) is 3. The molecule has 8 nitrogen and oxygen atoms in total. The molecule has 0 radical (unpaired) electrons. The van der Waals surface area contributed by atoms with E-state index in [0.717, 1.165) is 27.2 Å². The summed E-state index contributed by atoms with van der Waals surface area (Å²) in [6.07, 6.45) is 2.32. The Balaban J connectivity index is 1.34. The second kappa shape index (κ2) is 6.69. The quantitative estimate of drug-likeness (QED) is 0.576. The maximum Gasteiger partial charge on any atom is 0.261 e. The first kappa shape index (κ1) is 17.0. The van der Waals surface area contributed by atoms with Gasteiger partial charge in [-0.3, -0.25) is 19.3 Å². The van der Waals surface area contributed by atoms with Crippen molar-refractivity contribution >= 4 is 51.6 Å². The number of hydrogen-bond acceptors (Lipinski definition) is 8. The average Bonchev–Trinajstić information content (AvgIpc) is 3.29. The molecule has 1 saturated carbocycles. The molecule has 134 valence electrons. The van der Waals surface area contributed by atoms with Crippen LogP contribution < -0.4 is 10.6 Å². The zero-order valence-electron chi connectivity index (χ0n) is 13.8. The van der Waals surface area contributed by atoms with E-state index in [4.69, 9.17) is 0 Å². The van der Waals surface area contributed by atoms with Crippen LogP contribution in [0.25, 0.3) is 0 Å². The highest BCUT2D eigenvalue weighted by Gasteiger charge is 2.32. The standard InChI is InChI=1S/C16H15N5O3S2/c1-21-13(23)10-5-4-9(6-11(10)14(21)24)17-12(22)7-25-16-20-19-15(26-16)18-8-2-3-8/h4-6,8H,2-3,7H2,1H3,(H,17,22)(H,18,19). The summed E-state index contributed by atoms with van der Waals surface area (Å²) >= 11 is 2.73. The van der Waals surface area contributed by atoms with Crippen molar-refractivity contribution in [2.75, 3.05) is 23.4 Å². The minimum atomic E-state index is -0.361. The summed E-state index contributed by atoms with van der Waals surface area (Å²) in [6.45, 7) is 0. The molecular formula is C16H15N5O3S2. The summed E-state index contributed by atoms with van der Waals surface area (Å²) in [5.74, 6) is -0.723. The Hall–Kier alpha value is -2.46. The summed E-state index contributed by atoms with van der Waals surface area (Å²) in [5.41, 5.74) is 1.15. The van der Waals surface area contributed by atoms with E-state index in [-0.39, 0.29) is 23.5 Å². The summed E-state index contributed by atoms with van der Waals surface area (Å²) < 4.78 is 0.722. The molecule has 0 spiro atoms. The van der Waals surface area contributed by atoms with E-state index in [2.05, 4.69) is 20.8 Å². The molecule has 1 fully saturated rings. The predicted octanol–water partition coefficient (Wildman–Crippen LogP) is 2.07. The topological polar surface area (TPSA) is 104 Å². The number of carbonyl (C=O) groups is 3. The van der Waals surface area contributed by atoms with Crippen LogP contribution in [0.5, 0.6) is 0 Å². The molecule has 0 unspecified atom stereocenters. The first-order valence-corrected chi connectivity index (χ1v) is 9.80. The molecular weight excluding hydrogens is 374 g/mol. The van der Waals surface area contributed by atoms with Gasteiger partial charge in [-0.05, 0) is 31.0 Å². The Morgan fingerprint density at radius 1 is 1.27 bits per heavy atom. The summed E-state index contributed by atoms with van der Waals surface area (Å²) in [4.78, 5) is 37.1. The minimum absolute atomic E-state index is 0.182. The molecule has 1 aromatic carbocycles. The number of imide groups is 1. The monoisotopic (exact) mass is 389 g/mol. The van der Waals surface area contributed by atoms with Gasteiger partial charge in [-0.15, -0.1) is 10.2 Å². The van der Waals surface area contributed by atoms with Gasteiger partial charge >= 0.3 is 0 Å². The van der Waals surface area contributed by atoms with Crippen molar-refractivity contribution in [3.8, 4) is 0 Å². The zero-order valence-corrected chi connectivity index (χ0v) is 15.4. The fraction of sp³-hybridized carbons (Fsp3) is 0.312. The van der Waals surface area contributed by atoms with Crippen LogP contribution in [0.15, 0.2) is 22.5 Å². The normalized spacial score (nSPS) is 16.0. The van der Waals surface area contributed by atoms with Crippen molar-refractivity contribution in [3.05, 3.63) is 29.3 Å². The SMILES string of the molecule is CN1C(=O)c2ccc(NC(=O)CSc3nnc(NC4CC4)s3)cc2C1=O. The summed E-state index contributed by atoms with van der Waals surface area (Å²) in [7, 11) is 1.44. The Bertz CT molecular complexity index is 909. The third-order valence-corrected chi connectivity index (χ3v) is 6.00. The number of aromatic nitrogens is 2. The molecule has 2 aromatic rings. The van der Waals surface area contributed by atoms with Gasteiger partial charge in [0.05, 0.1) is 16.9 Å². The number of hydrogen-bond donors (Lipinski definition) is 2. The molecule has 1 aromatic heterocycles. The third kappa shape index (κ3) is 3.42. The summed E-state index contributed by atoms with van der Waals surface area (Å²) in [6, 6.07) is 5.22. The van der Waals surface area contributed by atoms with Crippen molar-refractivity contribution in [2.45, 2.75) is 23.2 Å². The molecule has 1 aliphatic heterocycles. The van der Waals surface area contributed by atoms with Crippen molar-refractivity contribution < 1.29 is 14.4 Å². The summed E-state index contributed by atoms with van der Waals surface area (Å²) in [5, 5.41) is 14.9. The van der Waals surface area contributed by atoms with Crippen molar-refractivity contribution in [1.82, 2.24) is 15.1 Å². The Labute approximate surface area is 157 Å². The number of rotatable bonds is 6. The highest BCUT2D eigenvalue weighted by molar-refractivity contribution is 8.01. The van der Waals surface area contributed by atoms with E-state index in [1.807, 2.05) is 0 Å². The molecule has 4 rings (SSSR count). The van der Waals surface area contributed by atoms with E-state index in [1.165, 1.54) is 36.2 Å². The van der Waals surface area contributed by atoms with Crippen molar-refractivity contribution in [3.63, 3.8) is 0 Å². The van der Waals surface area contributed by atoms with Crippen LogP contribution in [-0.2, 0) is 4.79 Å². The van der Waals surface area contributed by atoms with Crippen molar-refractivity contribution in [1.29, 1.82) is 0 Å². The van der Waals surface area contributed by atoms with Gasteiger partial charge in [0.25, 0.3) is 11.8 Å². The predicted molar refractivity (Wildman–Crippen MR) is 98.8 cm³/mol. The number of fused-ring (bicyclic) bond motifs is 1. The lowest BCUT2D eigenvalue weighted by Crippen LogP contribution is -2.24. The molecule has 0 saturated heterocycles. The number of amides is 3. The molecule has 3 amide bonds. The lowest BCUT2D eigenvalue weighted by Gasteiger charge is -2.05. The number of carbonyl (C=O) groups excluding carboxylic acids is 3. The Morgan fingerprint density at radius 3 is 2.81 bits per heavy atom. The smallest absolute Gasteiger partial charge is 0.261 e. The van der Waals surface area contributed by atoms with Crippen LogP contribution in [-0.4, -0.2) is 51.7 Å². The number of anilines is 2. The van der Waals surface area contributed by atoms with E-state index >= 15 is 0 Å². The first-order valence-electron chi connectivity index (χ1n) is 8.00. The van der Waals surface area contributed by atoms with Crippen molar-refractivity contribution in [2.24, 2.45) is 0 Å². The second-order valence-electron chi connectivity index (χ2n) is 6.06. The highest BCUT2D eigenvalue weighted by atomic mass is 32.2. The van der Waals surface area contributed by atoms with Gasteiger partial charge < -0.3 is 10.6 Å². The fourth-order valence-electron chi connectivity index (χ4n) is 2.49. The molecule has 0 bridgehead atoms. The van der Waals surface area contributed by atoms with Gasteiger partial charge in [0.15, 0.2) is 4.34 Å². The maximum atomic E-state index is 12.1. The van der Waals surface area contributed by atoms with Gasteiger partial charge in [-0.2, -0.15) is 0 Å². The van der Waals surface area contributed by atoms with Crippen LogP contribution in [0.2, 0.25) is 0 Å². The van der Waals surface area contributed by atoms with Crippen LogP contribution in [0, 0.1) is 0 Å². The van der Waals surface area contributed by atoms with Crippen LogP contribution in [0.1, 0.15) is 33.6 Å². The molecule has 0 atom stereocenters. The third-order valence-electron chi connectivity index (χ3n) is 4.01. The van der Waals surface area contributed by atoms with E-state index < -0.39 is 0 Å². The maximum absolute atomic E-state index is 12.1. The van der Waals surface area contributed by atoms with Gasteiger partial charge in [0, 0.05) is 18.8 Å². The van der Waals surface area contributed by atoms with Gasteiger partial charge in [0.2, 0.25) is 11.0 Å². The first-order chi connectivity index (χ1) is 12.5. The second-order valence-corrected chi connectivity index (χ2v) is 8.26.